The maximum Gasteiger partial charge on any atom is 0.240 e. The minimum atomic E-state index is -0.461. The van der Waals surface area contributed by atoms with Gasteiger partial charge in [-0.1, -0.05) is 29.8 Å². The van der Waals surface area contributed by atoms with Crippen molar-refractivity contribution >= 4 is 44.5 Å². The molecule has 1 heterocycles. The van der Waals surface area contributed by atoms with Crippen molar-refractivity contribution in [3.05, 3.63) is 28.5 Å². The number of nitrogens with two attached hydrogens (primary N) is 1. The molecule has 0 fully saturated rings. The van der Waals surface area contributed by atoms with E-state index >= 15 is 0 Å². The first-order valence-corrected chi connectivity index (χ1v) is 7.66. The van der Waals surface area contributed by atoms with E-state index in [2.05, 4.69) is 20.9 Å². The summed E-state index contributed by atoms with van der Waals surface area (Å²) in [6.07, 6.45) is 0. The van der Waals surface area contributed by atoms with Crippen LogP contribution in [0.15, 0.2) is 22.7 Å². The Morgan fingerprint density at radius 1 is 1.40 bits per heavy atom. The quantitative estimate of drug-likeness (QED) is 0.845. The third-order valence-corrected chi connectivity index (χ3v) is 3.92. The molecule has 0 radical (unpaired) electrons. The highest BCUT2D eigenvalue weighted by molar-refractivity contribution is 9.10. The largest absolute Gasteiger partial charge is 0.368 e. The summed E-state index contributed by atoms with van der Waals surface area (Å²) < 4.78 is 2.80. The monoisotopic (exact) mass is 357 g/mol. The molecule has 1 aromatic heterocycles. The van der Waals surface area contributed by atoms with Crippen LogP contribution in [-0.4, -0.2) is 15.5 Å². The van der Waals surface area contributed by atoms with Crippen LogP contribution in [0.5, 0.6) is 0 Å². The zero-order chi connectivity index (χ0) is 15.0. The average molecular weight is 359 g/mol. The number of carbonyl (C=O) groups excluding carboxylic acids is 1. The van der Waals surface area contributed by atoms with E-state index in [0.717, 1.165) is 15.5 Å². The highest BCUT2D eigenvalue weighted by Gasteiger charge is 2.28. The van der Waals surface area contributed by atoms with Gasteiger partial charge >= 0.3 is 0 Å². The van der Waals surface area contributed by atoms with E-state index in [1.165, 1.54) is 0 Å². The predicted octanol–water partition coefficient (Wildman–Crippen LogP) is 3.78. The molecule has 1 aromatic carbocycles. The summed E-state index contributed by atoms with van der Waals surface area (Å²) in [5, 5.41) is -0.304. The molecule has 2 unspecified atom stereocenters. The van der Waals surface area contributed by atoms with Gasteiger partial charge in [-0.3, -0.25) is 4.79 Å². The highest BCUT2D eigenvalue weighted by atomic mass is 79.9. The van der Waals surface area contributed by atoms with Gasteiger partial charge < -0.3 is 10.3 Å². The maximum atomic E-state index is 11.8. The summed E-state index contributed by atoms with van der Waals surface area (Å²) in [7, 11) is 0. The number of aromatic nitrogens is 2. The summed E-state index contributed by atoms with van der Waals surface area (Å²) in [5.41, 5.74) is 7.25. The molecule has 0 aliphatic rings. The Morgan fingerprint density at radius 3 is 2.55 bits per heavy atom. The van der Waals surface area contributed by atoms with E-state index in [9.17, 15) is 4.79 Å². The number of imidazole rings is 1. The molecule has 0 aliphatic heterocycles. The SMILES string of the molecule is CC(Cl)c1nc2cc(Br)ccc2n1C(C(N)=O)C(C)C. The lowest BCUT2D eigenvalue weighted by Crippen LogP contribution is -2.31. The molecule has 0 aliphatic carbocycles. The molecule has 0 saturated heterocycles. The van der Waals surface area contributed by atoms with Gasteiger partial charge in [0.1, 0.15) is 11.9 Å². The topological polar surface area (TPSA) is 60.9 Å². The Morgan fingerprint density at radius 2 is 2.05 bits per heavy atom. The summed E-state index contributed by atoms with van der Waals surface area (Å²) in [4.78, 5) is 16.4. The zero-order valence-corrected chi connectivity index (χ0v) is 13.9. The van der Waals surface area contributed by atoms with Crippen molar-refractivity contribution in [2.75, 3.05) is 0 Å². The fourth-order valence-corrected chi connectivity index (χ4v) is 2.92. The summed E-state index contributed by atoms with van der Waals surface area (Å²) in [6, 6.07) is 5.29. The molecule has 6 heteroatoms. The predicted molar refractivity (Wildman–Crippen MR) is 84.8 cm³/mol. The van der Waals surface area contributed by atoms with E-state index in [1.807, 2.05) is 43.5 Å². The number of halogens is 2. The third-order valence-electron chi connectivity index (χ3n) is 3.24. The zero-order valence-electron chi connectivity index (χ0n) is 11.6. The lowest BCUT2D eigenvalue weighted by molar-refractivity contribution is -0.122. The molecule has 2 rings (SSSR count). The van der Waals surface area contributed by atoms with Crippen LogP contribution in [0, 0.1) is 5.92 Å². The van der Waals surface area contributed by atoms with Crippen LogP contribution in [0.2, 0.25) is 0 Å². The van der Waals surface area contributed by atoms with E-state index in [1.54, 1.807) is 0 Å². The summed E-state index contributed by atoms with van der Waals surface area (Å²) in [5.74, 6) is 0.348. The molecular formula is C14H17BrClN3O. The molecule has 108 valence electrons. The fraction of sp³-hybridized carbons (Fsp3) is 0.429. The molecular weight excluding hydrogens is 342 g/mol. The number of hydrogen-bond acceptors (Lipinski definition) is 2. The number of benzene rings is 1. The van der Waals surface area contributed by atoms with Gasteiger partial charge in [-0.15, -0.1) is 11.6 Å². The molecule has 2 atom stereocenters. The minimum Gasteiger partial charge on any atom is -0.368 e. The Hall–Kier alpha value is -1.07. The molecule has 2 N–H and O–H groups in total. The van der Waals surface area contributed by atoms with Crippen LogP contribution < -0.4 is 5.73 Å². The number of primary amides is 1. The van der Waals surface area contributed by atoms with Crippen molar-refractivity contribution in [2.45, 2.75) is 32.2 Å². The van der Waals surface area contributed by atoms with Crippen molar-refractivity contribution < 1.29 is 4.79 Å². The van der Waals surface area contributed by atoms with Gasteiger partial charge in [0.05, 0.1) is 16.4 Å². The molecule has 20 heavy (non-hydrogen) atoms. The second-order valence-corrected chi connectivity index (χ2v) is 6.75. The molecule has 0 spiro atoms. The Kier molecular flexibility index (Phi) is 4.39. The number of rotatable bonds is 4. The first kappa shape index (κ1) is 15.3. The normalized spacial score (nSPS) is 14.7. The molecule has 1 amide bonds. The molecule has 2 aromatic rings. The van der Waals surface area contributed by atoms with Crippen LogP contribution >= 0.6 is 27.5 Å². The fourth-order valence-electron chi connectivity index (χ4n) is 2.42. The second kappa shape index (κ2) is 5.74. The average Bonchev–Trinajstić information content (AvgIpc) is 2.67. The Bertz CT molecular complexity index is 651. The van der Waals surface area contributed by atoms with Crippen LogP contribution in [0.1, 0.15) is 38.0 Å². The number of amides is 1. The van der Waals surface area contributed by atoms with E-state index in [-0.39, 0.29) is 17.2 Å². The van der Waals surface area contributed by atoms with E-state index in [4.69, 9.17) is 17.3 Å². The minimum absolute atomic E-state index is 0.0581. The van der Waals surface area contributed by atoms with Crippen molar-refractivity contribution in [1.82, 2.24) is 9.55 Å². The maximum absolute atomic E-state index is 11.8. The Balaban J connectivity index is 2.77. The van der Waals surface area contributed by atoms with Crippen LogP contribution in [-0.2, 0) is 4.79 Å². The van der Waals surface area contributed by atoms with Crippen LogP contribution in [0.25, 0.3) is 11.0 Å². The van der Waals surface area contributed by atoms with Gasteiger partial charge in [0.2, 0.25) is 5.91 Å². The van der Waals surface area contributed by atoms with E-state index in [0.29, 0.717) is 5.82 Å². The van der Waals surface area contributed by atoms with Gasteiger partial charge in [0.25, 0.3) is 0 Å². The summed E-state index contributed by atoms with van der Waals surface area (Å²) in [6.45, 7) is 5.76. The molecule has 0 saturated carbocycles. The van der Waals surface area contributed by atoms with E-state index < -0.39 is 6.04 Å². The number of fused-ring (bicyclic) bond motifs is 1. The third kappa shape index (κ3) is 2.69. The first-order valence-electron chi connectivity index (χ1n) is 6.43. The molecule has 4 nitrogen and oxygen atoms in total. The lowest BCUT2D eigenvalue weighted by Gasteiger charge is -2.23. The van der Waals surface area contributed by atoms with Gasteiger partial charge in [0.15, 0.2) is 0 Å². The van der Waals surface area contributed by atoms with Gasteiger partial charge in [-0.2, -0.15) is 0 Å². The number of hydrogen-bond donors (Lipinski definition) is 1. The second-order valence-electron chi connectivity index (χ2n) is 5.18. The standard InChI is InChI=1S/C14H17BrClN3O/c1-7(2)12(13(17)20)19-11-5-4-9(15)6-10(11)18-14(19)8(3)16/h4-8,12H,1-3H3,(H2,17,20). The molecule has 0 bridgehead atoms. The number of alkyl halides is 1. The Labute approximate surface area is 131 Å². The van der Waals surface area contributed by atoms with Gasteiger partial charge in [0, 0.05) is 4.47 Å². The number of nitrogens with zero attached hydrogens (tertiary/aromatic N) is 2. The highest BCUT2D eigenvalue weighted by Crippen LogP contribution is 2.32. The summed E-state index contributed by atoms with van der Waals surface area (Å²) >= 11 is 9.65. The van der Waals surface area contributed by atoms with Crippen molar-refractivity contribution in [2.24, 2.45) is 11.7 Å². The first-order chi connectivity index (χ1) is 9.32. The van der Waals surface area contributed by atoms with Gasteiger partial charge in [-0.25, -0.2) is 4.98 Å². The number of carbonyl (C=O) groups is 1. The van der Waals surface area contributed by atoms with Crippen molar-refractivity contribution in [1.29, 1.82) is 0 Å². The van der Waals surface area contributed by atoms with Crippen LogP contribution in [0.3, 0.4) is 0 Å². The van der Waals surface area contributed by atoms with Gasteiger partial charge in [-0.05, 0) is 31.0 Å². The van der Waals surface area contributed by atoms with Crippen molar-refractivity contribution in [3.63, 3.8) is 0 Å². The lowest BCUT2D eigenvalue weighted by atomic mass is 10.0. The van der Waals surface area contributed by atoms with Crippen LogP contribution in [0.4, 0.5) is 0 Å². The van der Waals surface area contributed by atoms with Crippen molar-refractivity contribution in [3.8, 4) is 0 Å². The smallest absolute Gasteiger partial charge is 0.240 e.